The van der Waals surface area contributed by atoms with Crippen molar-refractivity contribution in [2.45, 2.75) is 18.4 Å². The number of thiophene rings is 1. The van der Waals surface area contributed by atoms with Gasteiger partial charge in [-0.25, -0.2) is 4.98 Å². The lowest BCUT2D eigenvalue weighted by atomic mass is 10.3. The molecule has 3 rings (SSSR count). The van der Waals surface area contributed by atoms with E-state index in [9.17, 15) is 0 Å². The molecular weight excluding hydrogens is 230 g/mol. The summed E-state index contributed by atoms with van der Waals surface area (Å²) in [5, 5.41) is 0. The molecule has 0 atom stereocenters. The number of hydrogen-bond acceptors (Lipinski definition) is 3. The van der Waals surface area contributed by atoms with Crippen LogP contribution in [0.3, 0.4) is 0 Å². The number of rotatable bonds is 2. The molecule has 0 radical (unpaired) electrons. The van der Waals surface area contributed by atoms with Crippen molar-refractivity contribution in [1.29, 1.82) is 0 Å². The lowest BCUT2D eigenvalue weighted by Crippen LogP contribution is -2.20. The Morgan fingerprint density at radius 2 is 2.27 bits per heavy atom. The molecule has 0 spiro atoms. The predicted octanol–water partition coefficient (Wildman–Crippen LogP) is 2.74. The Kier molecular flexibility index (Phi) is 1.92. The molecule has 78 valence electrons. The van der Waals surface area contributed by atoms with Crippen LogP contribution in [0.2, 0.25) is 4.34 Å². The smallest absolute Gasteiger partial charge is 0.126 e. The molecule has 3 N–H and O–H groups in total. The van der Waals surface area contributed by atoms with E-state index < -0.39 is 0 Å². The lowest BCUT2D eigenvalue weighted by Gasteiger charge is -2.02. The van der Waals surface area contributed by atoms with E-state index in [1.807, 2.05) is 18.3 Å². The molecule has 0 bridgehead atoms. The van der Waals surface area contributed by atoms with E-state index in [0.717, 1.165) is 33.6 Å². The molecule has 0 amide bonds. The third-order valence-electron chi connectivity index (χ3n) is 2.67. The van der Waals surface area contributed by atoms with E-state index >= 15 is 0 Å². The van der Waals surface area contributed by atoms with Crippen LogP contribution in [0, 0.1) is 0 Å². The second kappa shape index (κ2) is 3.07. The highest BCUT2D eigenvalue weighted by Gasteiger charge is 2.42. The van der Waals surface area contributed by atoms with Gasteiger partial charge in [0.1, 0.15) is 5.82 Å². The fourth-order valence-corrected chi connectivity index (χ4v) is 2.54. The first kappa shape index (κ1) is 9.39. The maximum Gasteiger partial charge on any atom is 0.126 e. The Morgan fingerprint density at radius 1 is 1.47 bits per heavy atom. The van der Waals surface area contributed by atoms with E-state index in [0.29, 0.717) is 0 Å². The first-order chi connectivity index (χ1) is 7.17. The Bertz CT molecular complexity index is 498. The van der Waals surface area contributed by atoms with Gasteiger partial charge in [0.05, 0.1) is 26.6 Å². The van der Waals surface area contributed by atoms with Crippen LogP contribution in [0.1, 0.15) is 18.7 Å². The van der Waals surface area contributed by atoms with Crippen LogP contribution < -0.4 is 5.73 Å². The second-order valence-electron chi connectivity index (χ2n) is 3.91. The Morgan fingerprint density at radius 3 is 2.87 bits per heavy atom. The SMILES string of the molecule is NC1(c2ncc(-c3ccc(Cl)s3)[nH]2)CC1. The molecule has 2 aromatic heterocycles. The first-order valence-electron chi connectivity index (χ1n) is 4.77. The highest BCUT2D eigenvalue weighted by atomic mass is 35.5. The summed E-state index contributed by atoms with van der Waals surface area (Å²) < 4.78 is 0.787. The van der Waals surface area contributed by atoms with Crippen molar-refractivity contribution in [2.24, 2.45) is 5.73 Å². The van der Waals surface area contributed by atoms with Gasteiger partial charge in [-0.15, -0.1) is 11.3 Å². The molecule has 0 unspecified atom stereocenters. The van der Waals surface area contributed by atoms with Gasteiger partial charge in [-0.2, -0.15) is 0 Å². The van der Waals surface area contributed by atoms with Crippen molar-refractivity contribution in [1.82, 2.24) is 9.97 Å². The lowest BCUT2D eigenvalue weighted by molar-refractivity contribution is 0.685. The number of aromatic nitrogens is 2. The minimum Gasteiger partial charge on any atom is -0.340 e. The predicted molar refractivity (Wildman–Crippen MR) is 62.0 cm³/mol. The average molecular weight is 240 g/mol. The highest BCUT2D eigenvalue weighted by molar-refractivity contribution is 7.19. The molecule has 0 aromatic carbocycles. The molecule has 0 aliphatic heterocycles. The van der Waals surface area contributed by atoms with E-state index in [1.54, 1.807) is 0 Å². The number of imidazole rings is 1. The maximum absolute atomic E-state index is 6.05. The highest BCUT2D eigenvalue weighted by Crippen LogP contribution is 2.42. The number of nitrogens with two attached hydrogens (primary N) is 1. The molecule has 5 heteroatoms. The van der Waals surface area contributed by atoms with E-state index in [1.165, 1.54) is 11.3 Å². The van der Waals surface area contributed by atoms with Gasteiger partial charge in [0.25, 0.3) is 0 Å². The quantitative estimate of drug-likeness (QED) is 0.847. The minimum atomic E-state index is -0.195. The summed E-state index contributed by atoms with van der Waals surface area (Å²) in [5.74, 6) is 0.891. The number of nitrogens with one attached hydrogen (secondary N) is 1. The van der Waals surface area contributed by atoms with Crippen LogP contribution in [0.4, 0.5) is 0 Å². The summed E-state index contributed by atoms with van der Waals surface area (Å²) in [6.07, 6.45) is 3.86. The fourth-order valence-electron chi connectivity index (χ4n) is 1.53. The van der Waals surface area contributed by atoms with Crippen LogP contribution in [-0.2, 0) is 5.54 Å². The van der Waals surface area contributed by atoms with Crippen molar-refractivity contribution < 1.29 is 0 Å². The molecule has 0 saturated heterocycles. The zero-order chi connectivity index (χ0) is 10.5. The van der Waals surface area contributed by atoms with Gasteiger partial charge in [0.2, 0.25) is 0 Å². The van der Waals surface area contributed by atoms with Crippen LogP contribution in [0.15, 0.2) is 18.3 Å². The third-order valence-corrected chi connectivity index (χ3v) is 3.94. The fraction of sp³-hybridized carbons (Fsp3) is 0.300. The second-order valence-corrected chi connectivity index (χ2v) is 5.62. The normalized spacial score (nSPS) is 18.0. The third kappa shape index (κ3) is 1.58. The molecule has 1 fully saturated rings. The molecule has 3 nitrogen and oxygen atoms in total. The van der Waals surface area contributed by atoms with Crippen molar-refractivity contribution in [2.75, 3.05) is 0 Å². The van der Waals surface area contributed by atoms with Gasteiger partial charge in [-0.05, 0) is 25.0 Å². The standard InChI is InChI=1S/C10H10ClN3S/c11-8-2-1-7(15-8)6-5-13-9(14-6)10(12)3-4-10/h1-2,5H,3-4,12H2,(H,13,14). The van der Waals surface area contributed by atoms with E-state index in [4.69, 9.17) is 17.3 Å². The molecule has 2 aromatic rings. The number of halogens is 1. The molecule has 1 aliphatic rings. The van der Waals surface area contributed by atoms with Crippen molar-refractivity contribution in [3.63, 3.8) is 0 Å². The van der Waals surface area contributed by atoms with Crippen LogP contribution in [0.25, 0.3) is 10.6 Å². The zero-order valence-electron chi connectivity index (χ0n) is 7.96. The van der Waals surface area contributed by atoms with Crippen LogP contribution >= 0.6 is 22.9 Å². The Labute approximate surface area is 96.3 Å². The molecule has 2 heterocycles. The van der Waals surface area contributed by atoms with Crippen molar-refractivity contribution >= 4 is 22.9 Å². The number of nitrogens with zero attached hydrogens (tertiary/aromatic N) is 1. The van der Waals surface area contributed by atoms with Crippen molar-refractivity contribution in [3.8, 4) is 10.6 Å². The zero-order valence-corrected chi connectivity index (χ0v) is 9.53. The van der Waals surface area contributed by atoms with E-state index in [2.05, 4.69) is 9.97 Å². The number of aromatic amines is 1. The first-order valence-corrected chi connectivity index (χ1v) is 5.97. The van der Waals surface area contributed by atoms with Crippen molar-refractivity contribution in [3.05, 3.63) is 28.5 Å². The summed E-state index contributed by atoms with van der Waals surface area (Å²) in [4.78, 5) is 8.68. The van der Waals surface area contributed by atoms with Gasteiger partial charge in [0, 0.05) is 0 Å². The topological polar surface area (TPSA) is 54.7 Å². The summed E-state index contributed by atoms with van der Waals surface area (Å²) >= 11 is 7.42. The molecule has 1 aliphatic carbocycles. The Balaban J connectivity index is 1.97. The van der Waals surface area contributed by atoms with Gasteiger partial charge in [0.15, 0.2) is 0 Å². The van der Waals surface area contributed by atoms with Gasteiger partial charge in [-0.1, -0.05) is 11.6 Å². The largest absolute Gasteiger partial charge is 0.340 e. The monoisotopic (exact) mass is 239 g/mol. The van der Waals surface area contributed by atoms with Crippen LogP contribution in [0.5, 0.6) is 0 Å². The Hall–Kier alpha value is -0.840. The molecular formula is C10H10ClN3S. The summed E-state index contributed by atoms with van der Waals surface area (Å²) in [7, 11) is 0. The maximum atomic E-state index is 6.05. The number of hydrogen-bond donors (Lipinski definition) is 2. The molecule has 1 saturated carbocycles. The average Bonchev–Trinajstić information content (AvgIpc) is 2.72. The number of H-pyrrole nitrogens is 1. The summed E-state index contributed by atoms with van der Waals surface area (Å²) in [5.41, 5.74) is 6.85. The summed E-state index contributed by atoms with van der Waals surface area (Å²) in [6, 6.07) is 3.87. The van der Waals surface area contributed by atoms with Gasteiger partial charge >= 0.3 is 0 Å². The van der Waals surface area contributed by atoms with Gasteiger partial charge in [-0.3, -0.25) is 0 Å². The summed E-state index contributed by atoms with van der Waals surface area (Å²) in [6.45, 7) is 0. The minimum absolute atomic E-state index is 0.195. The molecule has 15 heavy (non-hydrogen) atoms. The van der Waals surface area contributed by atoms with Crippen LogP contribution in [-0.4, -0.2) is 9.97 Å². The van der Waals surface area contributed by atoms with Gasteiger partial charge < -0.3 is 10.7 Å². The van der Waals surface area contributed by atoms with E-state index in [-0.39, 0.29) is 5.54 Å².